The zero-order chi connectivity index (χ0) is 59.8. The predicted molar refractivity (Wildman–Crippen MR) is 322 cm³/mol. The Balaban J connectivity index is 5.15. The van der Waals surface area contributed by atoms with Crippen LogP contribution in [0.3, 0.4) is 0 Å². The lowest BCUT2D eigenvalue weighted by molar-refractivity contribution is -0.161. The zero-order valence-corrected chi connectivity index (χ0v) is 53.5. The van der Waals surface area contributed by atoms with Gasteiger partial charge < -0.3 is 33.8 Å². The smallest absolute Gasteiger partial charge is 0.462 e. The summed E-state index contributed by atoms with van der Waals surface area (Å²) in [5.74, 6) is -2.14. The molecule has 0 aliphatic heterocycles. The lowest BCUT2D eigenvalue weighted by Crippen LogP contribution is -2.30. The Morgan fingerprint density at radius 1 is 0.296 bits per heavy atom. The van der Waals surface area contributed by atoms with E-state index in [0.717, 1.165) is 96.3 Å². The van der Waals surface area contributed by atoms with Gasteiger partial charge in [-0.25, -0.2) is 9.13 Å². The summed E-state index contributed by atoms with van der Waals surface area (Å²) in [7, 11) is -9.87. The second kappa shape index (κ2) is 57.2. The van der Waals surface area contributed by atoms with Gasteiger partial charge in [0.15, 0.2) is 12.2 Å². The van der Waals surface area contributed by atoms with E-state index in [9.17, 15) is 43.2 Å². The third-order valence-corrected chi connectivity index (χ3v) is 16.3. The lowest BCUT2D eigenvalue weighted by Gasteiger charge is -2.21. The summed E-state index contributed by atoms with van der Waals surface area (Å²) < 4.78 is 67.7. The minimum Gasteiger partial charge on any atom is -0.462 e. The number of unbranched alkanes of at least 4 members (excludes halogenated alkanes) is 37. The van der Waals surface area contributed by atoms with Crippen LogP contribution < -0.4 is 0 Å². The van der Waals surface area contributed by atoms with Crippen molar-refractivity contribution in [1.82, 2.24) is 0 Å². The molecular weight excluding hydrogens is 1080 g/mol. The molecule has 3 N–H and O–H groups in total. The largest absolute Gasteiger partial charge is 0.472 e. The number of aliphatic hydroxyl groups is 1. The zero-order valence-electron chi connectivity index (χ0n) is 51.7. The average molecular weight is 1200 g/mol. The highest BCUT2D eigenvalue weighted by atomic mass is 31.2. The van der Waals surface area contributed by atoms with Gasteiger partial charge in [0.2, 0.25) is 0 Å². The minimum atomic E-state index is -4.94. The maximum atomic E-state index is 12.9. The third kappa shape index (κ3) is 56.9. The number of carbonyl (C=O) groups is 4. The summed E-state index contributed by atoms with van der Waals surface area (Å²) in [4.78, 5) is 71.8. The topological polar surface area (TPSA) is 237 Å². The van der Waals surface area contributed by atoms with E-state index in [1.165, 1.54) is 141 Å². The minimum absolute atomic E-state index is 0.105. The molecule has 480 valence electrons. The molecule has 0 spiro atoms. The fourth-order valence-corrected chi connectivity index (χ4v) is 10.9. The molecule has 0 bridgehead atoms. The van der Waals surface area contributed by atoms with Crippen LogP contribution in [0.15, 0.2) is 0 Å². The predicted octanol–water partition coefficient (Wildman–Crippen LogP) is 17.2. The highest BCUT2D eigenvalue weighted by Crippen LogP contribution is 2.45. The molecule has 17 nitrogen and oxygen atoms in total. The Morgan fingerprint density at radius 2 is 0.494 bits per heavy atom. The van der Waals surface area contributed by atoms with E-state index in [1.54, 1.807) is 0 Å². The molecule has 0 heterocycles. The van der Waals surface area contributed by atoms with Crippen molar-refractivity contribution in [2.24, 2.45) is 0 Å². The summed E-state index contributed by atoms with van der Waals surface area (Å²) in [6, 6.07) is 0. The van der Waals surface area contributed by atoms with E-state index in [-0.39, 0.29) is 25.7 Å². The van der Waals surface area contributed by atoms with Gasteiger partial charge in [-0.15, -0.1) is 0 Å². The van der Waals surface area contributed by atoms with Crippen LogP contribution in [0.1, 0.15) is 317 Å². The first-order valence-corrected chi connectivity index (χ1v) is 35.8. The van der Waals surface area contributed by atoms with Gasteiger partial charge in [-0.1, -0.05) is 265 Å². The van der Waals surface area contributed by atoms with Crippen LogP contribution in [0.2, 0.25) is 0 Å². The quantitative estimate of drug-likeness (QED) is 0.0222. The van der Waals surface area contributed by atoms with Gasteiger partial charge in [-0.3, -0.25) is 37.3 Å². The third-order valence-electron chi connectivity index (χ3n) is 14.4. The van der Waals surface area contributed by atoms with Crippen LogP contribution >= 0.6 is 15.6 Å². The molecule has 2 unspecified atom stereocenters. The fraction of sp³-hybridized carbons (Fsp3) is 0.935. The molecular formula is C62H120O17P2. The molecule has 0 fully saturated rings. The molecule has 0 saturated carbocycles. The molecule has 19 heteroatoms. The molecule has 5 atom stereocenters. The van der Waals surface area contributed by atoms with Crippen LogP contribution in [0, 0.1) is 0 Å². The second-order valence-electron chi connectivity index (χ2n) is 22.4. The van der Waals surface area contributed by atoms with E-state index >= 15 is 0 Å². The number of carbonyl (C=O) groups excluding carboxylic acids is 4. The number of hydrogen-bond acceptors (Lipinski definition) is 15. The van der Waals surface area contributed by atoms with Crippen molar-refractivity contribution >= 4 is 39.5 Å². The number of rotatable bonds is 63. The molecule has 0 rings (SSSR count). The van der Waals surface area contributed by atoms with Gasteiger partial charge >= 0.3 is 39.5 Å². The van der Waals surface area contributed by atoms with Gasteiger partial charge in [-0.05, 0) is 25.7 Å². The van der Waals surface area contributed by atoms with Crippen molar-refractivity contribution in [2.45, 2.75) is 335 Å². The normalized spacial score (nSPS) is 14.2. The van der Waals surface area contributed by atoms with Gasteiger partial charge in [0.25, 0.3) is 0 Å². The Bertz CT molecular complexity index is 1570. The Kier molecular flexibility index (Phi) is 55.8. The van der Waals surface area contributed by atoms with Gasteiger partial charge in [0.1, 0.15) is 19.3 Å². The van der Waals surface area contributed by atoms with E-state index in [0.29, 0.717) is 25.7 Å². The van der Waals surface area contributed by atoms with E-state index in [1.807, 2.05) is 0 Å². The molecule has 0 aliphatic carbocycles. The first-order valence-electron chi connectivity index (χ1n) is 32.8. The molecule has 0 aromatic heterocycles. The molecule has 81 heavy (non-hydrogen) atoms. The maximum Gasteiger partial charge on any atom is 0.472 e. The Labute approximate surface area is 492 Å². The molecule has 0 aromatic rings. The summed E-state index contributed by atoms with van der Waals surface area (Å²) in [5, 5.41) is 10.5. The summed E-state index contributed by atoms with van der Waals surface area (Å²) in [6.45, 7) is 4.78. The summed E-state index contributed by atoms with van der Waals surface area (Å²) >= 11 is 0. The number of phosphoric ester groups is 2. The number of phosphoric acid groups is 2. The van der Waals surface area contributed by atoms with Gasteiger partial charge in [0.05, 0.1) is 26.4 Å². The molecule has 0 amide bonds. The molecule has 0 radical (unpaired) electrons. The lowest BCUT2D eigenvalue weighted by atomic mass is 10.0. The molecule has 0 aliphatic rings. The number of esters is 4. The van der Waals surface area contributed by atoms with Crippen molar-refractivity contribution in [3.8, 4) is 0 Å². The number of ether oxygens (including phenoxy) is 4. The average Bonchev–Trinajstić information content (AvgIpc) is 3.44. The van der Waals surface area contributed by atoms with E-state index in [2.05, 4.69) is 27.7 Å². The number of hydrogen-bond donors (Lipinski definition) is 3. The van der Waals surface area contributed by atoms with Crippen molar-refractivity contribution in [3.63, 3.8) is 0 Å². The fourth-order valence-electron chi connectivity index (χ4n) is 9.28. The number of aliphatic hydroxyl groups excluding tert-OH is 1. The van der Waals surface area contributed by atoms with Crippen molar-refractivity contribution in [3.05, 3.63) is 0 Å². The monoisotopic (exact) mass is 1200 g/mol. The maximum absolute atomic E-state index is 12.9. The highest BCUT2D eigenvalue weighted by molar-refractivity contribution is 7.47. The van der Waals surface area contributed by atoms with E-state index in [4.69, 9.17) is 37.0 Å². The van der Waals surface area contributed by atoms with Gasteiger partial charge in [-0.2, -0.15) is 0 Å². The first-order chi connectivity index (χ1) is 39.2. The van der Waals surface area contributed by atoms with Crippen molar-refractivity contribution < 1.29 is 80.2 Å². The van der Waals surface area contributed by atoms with Crippen LogP contribution in [0.5, 0.6) is 0 Å². The van der Waals surface area contributed by atoms with Crippen molar-refractivity contribution in [1.29, 1.82) is 0 Å². The summed E-state index contributed by atoms with van der Waals surface area (Å²) in [6.07, 6.45) is 42.0. The molecule has 0 aromatic carbocycles. The van der Waals surface area contributed by atoms with Gasteiger partial charge in [0, 0.05) is 25.7 Å². The second-order valence-corrected chi connectivity index (χ2v) is 25.4. The van der Waals surface area contributed by atoms with Crippen molar-refractivity contribution in [2.75, 3.05) is 39.6 Å². The van der Waals surface area contributed by atoms with Crippen LogP contribution in [-0.4, -0.2) is 96.7 Å². The SMILES string of the molecule is CCCCCCCCCCCCCCCCCC(=O)OC[C@H](COP(=O)(O)OC[C@@H](O)COP(=O)(O)OC[C@@H](COC(=O)CCCCCCC)OC(=O)CCCCCCCCCCC)OC(=O)CCCCCCCCCCCCCC. The van der Waals surface area contributed by atoms with Crippen LogP contribution in [0.25, 0.3) is 0 Å². The Hall–Kier alpha value is -1.94. The van der Waals surface area contributed by atoms with Crippen LogP contribution in [0.4, 0.5) is 0 Å². The first kappa shape index (κ1) is 79.1. The standard InChI is InChI=1S/C62H120O17P2/c1-5-9-13-17-20-23-25-27-28-29-31-33-35-39-43-47-60(65)73-53-58(79-62(67)49-45-41-37-34-30-26-24-21-18-14-10-6-2)55-77-81(70,71)75-51-56(63)50-74-80(68,69)76-54-57(52-72-59(64)46-42-38-16-12-8-4)78-61(66)48-44-40-36-32-22-19-15-11-7-3/h56-58,63H,5-55H2,1-4H3,(H,68,69)(H,70,71)/t56-,57+,58+/m0/s1. The van der Waals surface area contributed by atoms with Crippen LogP contribution in [-0.2, 0) is 65.4 Å². The highest BCUT2D eigenvalue weighted by Gasteiger charge is 2.30. The van der Waals surface area contributed by atoms with E-state index < -0.39 is 97.5 Å². The molecule has 0 saturated heterocycles. The summed E-state index contributed by atoms with van der Waals surface area (Å²) in [5.41, 5.74) is 0. The Morgan fingerprint density at radius 3 is 0.728 bits per heavy atom.